The molecule has 2 aromatic rings. The Kier molecular flexibility index (Phi) is 5.94. The minimum atomic E-state index is -4.68. The molecular weight excluding hydrogens is 426 g/mol. The fraction of sp³-hybridized carbons (Fsp3) is 0.300. The van der Waals surface area contributed by atoms with Gasteiger partial charge in [-0.1, -0.05) is 23.7 Å². The first kappa shape index (κ1) is 21.9. The van der Waals surface area contributed by atoms with Crippen molar-refractivity contribution in [1.29, 1.82) is 0 Å². The summed E-state index contributed by atoms with van der Waals surface area (Å²) in [5.74, 6) is -1.79. The van der Waals surface area contributed by atoms with Gasteiger partial charge in [0.05, 0.1) is 5.56 Å². The van der Waals surface area contributed by atoms with E-state index < -0.39 is 41.0 Å². The van der Waals surface area contributed by atoms with Crippen LogP contribution in [0.1, 0.15) is 35.6 Å². The number of benzene rings is 2. The summed E-state index contributed by atoms with van der Waals surface area (Å²) in [7, 11) is 0. The van der Waals surface area contributed by atoms with E-state index in [4.69, 9.17) is 17.3 Å². The molecule has 0 saturated heterocycles. The van der Waals surface area contributed by atoms with Crippen LogP contribution in [-0.2, 0) is 16.4 Å². The maximum Gasteiger partial charge on any atom is 0.416 e. The van der Waals surface area contributed by atoms with E-state index in [-0.39, 0.29) is 12.1 Å². The minimum absolute atomic E-state index is 0.0221. The van der Waals surface area contributed by atoms with Gasteiger partial charge in [0.15, 0.2) is 0 Å². The number of urea groups is 1. The lowest BCUT2D eigenvalue weighted by Crippen LogP contribution is -2.45. The van der Waals surface area contributed by atoms with Crippen molar-refractivity contribution >= 4 is 23.5 Å². The van der Waals surface area contributed by atoms with E-state index in [1.807, 2.05) is 0 Å². The number of hydrogen-bond donors (Lipinski definition) is 3. The Morgan fingerprint density at radius 2 is 1.77 bits per heavy atom. The van der Waals surface area contributed by atoms with Crippen molar-refractivity contribution in [3.05, 3.63) is 70.0 Å². The zero-order valence-electron chi connectivity index (χ0n) is 15.5. The van der Waals surface area contributed by atoms with Gasteiger partial charge < -0.3 is 16.4 Å². The van der Waals surface area contributed by atoms with Crippen molar-refractivity contribution in [2.75, 3.05) is 6.54 Å². The highest BCUT2D eigenvalue weighted by Gasteiger charge is 2.46. The molecule has 0 aromatic heterocycles. The van der Waals surface area contributed by atoms with Gasteiger partial charge in [-0.3, -0.25) is 4.79 Å². The van der Waals surface area contributed by atoms with Crippen molar-refractivity contribution in [3.8, 4) is 0 Å². The minimum Gasteiger partial charge on any atom is -0.368 e. The molecule has 3 rings (SSSR count). The van der Waals surface area contributed by atoms with Gasteiger partial charge in [0.1, 0.15) is 11.9 Å². The molecule has 1 aliphatic carbocycles. The Balaban J connectivity index is 1.69. The second-order valence-electron chi connectivity index (χ2n) is 7.22. The lowest BCUT2D eigenvalue weighted by atomic mass is 9.94. The van der Waals surface area contributed by atoms with Crippen LogP contribution in [0.4, 0.5) is 22.4 Å². The van der Waals surface area contributed by atoms with Gasteiger partial charge in [-0.15, -0.1) is 0 Å². The van der Waals surface area contributed by atoms with E-state index in [0.717, 1.165) is 12.1 Å². The molecular formula is C20H18ClF4N3O2. The summed E-state index contributed by atoms with van der Waals surface area (Å²) in [5, 5.41) is 5.41. The summed E-state index contributed by atoms with van der Waals surface area (Å²) in [5.41, 5.74) is 4.07. The van der Waals surface area contributed by atoms with Gasteiger partial charge >= 0.3 is 12.2 Å². The van der Waals surface area contributed by atoms with Crippen LogP contribution in [0, 0.1) is 5.82 Å². The predicted molar refractivity (Wildman–Crippen MR) is 102 cm³/mol. The van der Waals surface area contributed by atoms with Gasteiger partial charge in [0.25, 0.3) is 0 Å². The van der Waals surface area contributed by atoms with Crippen LogP contribution in [0.3, 0.4) is 0 Å². The standard InChI is InChI=1S/C20H18ClF4N3O2/c21-14-3-1-11(2-4-14)16(17(26)29)28-18(30)27-10-19(5-6-19)12-7-13(20(23,24)25)9-15(22)8-12/h1-4,7-9,16H,5-6,10H2,(H2,26,29)(H2,27,28,30). The Morgan fingerprint density at radius 3 is 2.30 bits per heavy atom. The number of rotatable bonds is 6. The summed E-state index contributed by atoms with van der Waals surface area (Å²) in [6, 6.07) is 6.66. The number of nitrogens with two attached hydrogens (primary N) is 1. The third-order valence-corrected chi connectivity index (χ3v) is 5.29. The molecule has 160 valence electrons. The van der Waals surface area contributed by atoms with Crippen LogP contribution >= 0.6 is 11.6 Å². The number of nitrogens with one attached hydrogen (secondary N) is 2. The lowest BCUT2D eigenvalue weighted by molar-refractivity contribution is -0.137. The zero-order chi connectivity index (χ0) is 22.1. The molecule has 0 heterocycles. The summed E-state index contributed by atoms with van der Waals surface area (Å²) >= 11 is 5.80. The molecule has 5 nitrogen and oxygen atoms in total. The second kappa shape index (κ2) is 8.14. The molecule has 1 unspecified atom stereocenters. The summed E-state index contributed by atoms with van der Waals surface area (Å²) in [6.07, 6.45) is -3.69. The smallest absolute Gasteiger partial charge is 0.368 e. The van der Waals surface area contributed by atoms with E-state index in [9.17, 15) is 27.2 Å². The molecule has 0 spiro atoms. The summed E-state index contributed by atoms with van der Waals surface area (Å²) in [6.45, 7) is -0.0221. The van der Waals surface area contributed by atoms with Crippen molar-refractivity contribution in [1.82, 2.24) is 10.6 Å². The first-order chi connectivity index (χ1) is 14.0. The molecule has 1 saturated carbocycles. The van der Waals surface area contributed by atoms with Crippen LogP contribution in [0.2, 0.25) is 5.02 Å². The number of amides is 3. The topological polar surface area (TPSA) is 84.2 Å². The van der Waals surface area contributed by atoms with Gasteiger partial charge in [-0.2, -0.15) is 13.2 Å². The Bertz CT molecular complexity index is 960. The molecule has 1 fully saturated rings. The molecule has 3 amide bonds. The number of alkyl halides is 3. The molecule has 2 aromatic carbocycles. The molecule has 0 bridgehead atoms. The molecule has 10 heteroatoms. The van der Waals surface area contributed by atoms with Crippen molar-refractivity contribution in [2.24, 2.45) is 5.73 Å². The maximum absolute atomic E-state index is 13.7. The summed E-state index contributed by atoms with van der Waals surface area (Å²) in [4.78, 5) is 24.0. The van der Waals surface area contributed by atoms with Crippen molar-refractivity contribution < 1.29 is 27.2 Å². The van der Waals surface area contributed by atoms with Gasteiger partial charge in [0.2, 0.25) is 5.91 Å². The number of carbonyl (C=O) groups excluding carboxylic acids is 2. The SMILES string of the molecule is NC(=O)C(NC(=O)NCC1(c2cc(F)cc(C(F)(F)F)c2)CC1)c1ccc(Cl)cc1. The van der Waals surface area contributed by atoms with Crippen molar-refractivity contribution in [2.45, 2.75) is 30.5 Å². The average molecular weight is 444 g/mol. The molecule has 1 atom stereocenters. The first-order valence-corrected chi connectivity index (χ1v) is 9.35. The van der Waals surface area contributed by atoms with Crippen LogP contribution in [0.25, 0.3) is 0 Å². The van der Waals surface area contributed by atoms with Crippen LogP contribution in [0.5, 0.6) is 0 Å². The number of halogens is 5. The fourth-order valence-electron chi connectivity index (χ4n) is 3.18. The van der Waals surface area contributed by atoms with Crippen LogP contribution in [0.15, 0.2) is 42.5 Å². The quantitative estimate of drug-likeness (QED) is 0.588. The Labute approximate surface area is 174 Å². The van der Waals surface area contributed by atoms with Crippen LogP contribution < -0.4 is 16.4 Å². The largest absolute Gasteiger partial charge is 0.416 e. The van der Waals surface area contributed by atoms with E-state index in [1.165, 1.54) is 24.3 Å². The van der Waals surface area contributed by atoms with Gasteiger partial charge in [-0.05, 0) is 54.3 Å². The molecule has 4 N–H and O–H groups in total. The normalized spacial score (nSPS) is 15.9. The molecule has 0 radical (unpaired) electrons. The number of carbonyl (C=O) groups is 2. The molecule has 0 aliphatic heterocycles. The fourth-order valence-corrected chi connectivity index (χ4v) is 3.31. The lowest BCUT2D eigenvalue weighted by Gasteiger charge is -2.21. The van der Waals surface area contributed by atoms with Gasteiger partial charge in [-0.25, -0.2) is 9.18 Å². The second-order valence-corrected chi connectivity index (χ2v) is 7.66. The molecule has 30 heavy (non-hydrogen) atoms. The van der Waals surface area contributed by atoms with E-state index in [1.54, 1.807) is 0 Å². The highest BCUT2D eigenvalue weighted by atomic mass is 35.5. The zero-order valence-corrected chi connectivity index (χ0v) is 16.3. The number of hydrogen-bond acceptors (Lipinski definition) is 2. The third-order valence-electron chi connectivity index (χ3n) is 5.04. The monoisotopic (exact) mass is 443 g/mol. The predicted octanol–water partition coefficient (Wildman–Crippen LogP) is 4.06. The molecule has 1 aliphatic rings. The van der Waals surface area contributed by atoms with E-state index >= 15 is 0 Å². The van der Waals surface area contributed by atoms with Crippen molar-refractivity contribution in [3.63, 3.8) is 0 Å². The summed E-state index contributed by atoms with van der Waals surface area (Å²) < 4.78 is 52.7. The van der Waals surface area contributed by atoms with E-state index in [2.05, 4.69) is 10.6 Å². The third kappa shape index (κ3) is 5.02. The average Bonchev–Trinajstić information content (AvgIpc) is 3.45. The Morgan fingerprint density at radius 1 is 1.13 bits per heavy atom. The maximum atomic E-state index is 13.7. The highest BCUT2D eigenvalue weighted by molar-refractivity contribution is 6.30. The number of primary amides is 1. The van der Waals surface area contributed by atoms with Gasteiger partial charge in [0, 0.05) is 17.0 Å². The van der Waals surface area contributed by atoms with Crippen LogP contribution in [-0.4, -0.2) is 18.5 Å². The highest BCUT2D eigenvalue weighted by Crippen LogP contribution is 2.48. The van der Waals surface area contributed by atoms with E-state index in [0.29, 0.717) is 29.5 Å². The Hall–Kier alpha value is -2.81. The first-order valence-electron chi connectivity index (χ1n) is 8.98.